The van der Waals surface area contributed by atoms with Crippen molar-refractivity contribution < 1.29 is 0 Å². The van der Waals surface area contributed by atoms with Gasteiger partial charge in [-0.3, -0.25) is 0 Å². The van der Waals surface area contributed by atoms with E-state index in [1.165, 1.54) is 51.7 Å². The molecule has 1 rings (SSSR count). The van der Waals surface area contributed by atoms with Crippen molar-refractivity contribution in [3.8, 4) is 0 Å². The zero-order valence-electron chi connectivity index (χ0n) is 8.68. The first kappa shape index (κ1) is 10.0. The number of rotatable bonds is 3. The quantitative estimate of drug-likeness (QED) is 0.628. The fourth-order valence-electron chi connectivity index (χ4n) is 2.24. The highest BCUT2D eigenvalue weighted by atomic mass is 15.1. The lowest BCUT2D eigenvalue weighted by molar-refractivity contribution is 0.294. The van der Waals surface area contributed by atoms with E-state index in [0.29, 0.717) is 0 Å². The molecular formula is C11H23N. The van der Waals surface area contributed by atoms with Crippen molar-refractivity contribution in [1.82, 2.24) is 4.90 Å². The Morgan fingerprint density at radius 2 is 2.00 bits per heavy atom. The predicted octanol–water partition coefficient (Wildman–Crippen LogP) is 2.91. The van der Waals surface area contributed by atoms with Crippen LogP contribution in [0.4, 0.5) is 0 Å². The van der Waals surface area contributed by atoms with Crippen molar-refractivity contribution in [1.29, 1.82) is 0 Å². The summed E-state index contributed by atoms with van der Waals surface area (Å²) in [5.41, 5.74) is 0. The summed E-state index contributed by atoms with van der Waals surface area (Å²) in [5, 5.41) is 0. The van der Waals surface area contributed by atoms with Crippen LogP contribution in [-0.4, -0.2) is 24.5 Å². The third-order valence-corrected chi connectivity index (χ3v) is 3.08. The van der Waals surface area contributed by atoms with Crippen LogP contribution in [-0.2, 0) is 0 Å². The standard InChI is InChI=1S/C11H23N/c1-3-6-11-7-5-9-12(4-2)10-8-11/h11H,3-10H2,1-2H3. The van der Waals surface area contributed by atoms with E-state index in [1.54, 1.807) is 0 Å². The molecule has 1 heterocycles. The van der Waals surface area contributed by atoms with Gasteiger partial charge in [0.05, 0.1) is 0 Å². The van der Waals surface area contributed by atoms with E-state index in [1.807, 2.05) is 0 Å². The van der Waals surface area contributed by atoms with Crippen LogP contribution in [0.15, 0.2) is 0 Å². The second kappa shape index (κ2) is 5.58. The fraction of sp³-hybridized carbons (Fsp3) is 1.00. The lowest BCUT2D eigenvalue weighted by Gasteiger charge is -2.17. The zero-order chi connectivity index (χ0) is 8.81. The van der Waals surface area contributed by atoms with Gasteiger partial charge in [-0.15, -0.1) is 0 Å². The van der Waals surface area contributed by atoms with Crippen molar-refractivity contribution in [3.05, 3.63) is 0 Å². The molecule has 0 amide bonds. The van der Waals surface area contributed by atoms with Crippen LogP contribution >= 0.6 is 0 Å². The van der Waals surface area contributed by atoms with Crippen LogP contribution in [0.5, 0.6) is 0 Å². The van der Waals surface area contributed by atoms with Crippen molar-refractivity contribution in [3.63, 3.8) is 0 Å². The van der Waals surface area contributed by atoms with Gasteiger partial charge in [-0.1, -0.05) is 26.7 Å². The molecule has 0 aromatic rings. The Morgan fingerprint density at radius 1 is 1.17 bits per heavy atom. The highest BCUT2D eigenvalue weighted by Crippen LogP contribution is 2.21. The maximum Gasteiger partial charge on any atom is -0.00162 e. The maximum atomic E-state index is 2.59. The van der Waals surface area contributed by atoms with Gasteiger partial charge in [0, 0.05) is 0 Å². The highest BCUT2D eigenvalue weighted by molar-refractivity contribution is 4.68. The minimum atomic E-state index is 1.03. The molecule has 1 nitrogen and oxygen atoms in total. The molecule has 0 saturated carbocycles. The Bertz CT molecular complexity index is 112. The van der Waals surface area contributed by atoms with Gasteiger partial charge in [0.25, 0.3) is 0 Å². The fourth-order valence-corrected chi connectivity index (χ4v) is 2.24. The molecule has 1 aliphatic heterocycles. The van der Waals surface area contributed by atoms with E-state index in [-0.39, 0.29) is 0 Å². The molecule has 72 valence electrons. The second-order valence-corrected chi connectivity index (χ2v) is 4.02. The molecular weight excluding hydrogens is 146 g/mol. The molecule has 0 spiro atoms. The molecule has 12 heavy (non-hydrogen) atoms. The normalized spacial score (nSPS) is 27.0. The van der Waals surface area contributed by atoms with Gasteiger partial charge >= 0.3 is 0 Å². The first-order valence-electron chi connectivity index (χ1n) is 5.59. The number of nitrogens with zero attached hydrogens (tertiary/aromatic N) is 1. The number of hydrogen-bond donors (Lipinski definition) is 0. The Morgan fingerprint density at radius 3 is 2.67 bits per heavy atom. The van der Waals surface area contributed by atoms with Gasteiger partial charge in [-0.05, 0) is 44.8 Å². The van der Waals surface area contributed by atoms with Crippen LogP contribution in [0, 0.1) is 5.92 Å². The van der Waals surface area contributed by atoms with Crippen LogP contribution in [0.2, 0.25) is 0 Å². The van der Waals surface area contributed by atoms with Gasteiger partial charge in [-0.25, -0.2) is 0 Å². The van der Waals surface area contributed by atoms with Gasteiger partial charge < -0.3 is 4.90 Å². The summed E-state index contributed by atoms with van der Waals surface area (Å²) in [5.74, 6) is 1.03. The van der Waals surface area contributed by atoms with Crippen molar-refractivity contribution in [2.45, 2.75) is 46.0 Å². The third-order valence-electron chi connectivity index (χ3n) is 3.08. The molecule has 0 aromatic heterocycles. The lowest BCUT2D eigenvalue weighted by Crippen LogP contribution is -2.24. The Labute approximate surface area is 77.1 Å². The van der Waals surface area contributed by atoms with E-state index in [2.05, 4.69) is 18.7 Å². The first-order chi connectivity index (χ1) is 5.86. The van der Waals surface area contributed by atoms with Gasteiger partial charge in [-0.2, -0.15) is 0 Å². The summed E-state index contributed by atoms with van der Waals surface area (Å²) in [6.07, 6.45) is 7.18. The first-order valence-corrected chi connectivity index (χ1v) is 5.59. The van der Waals surface area contributed by atoms with Crippen molar-refractivity contribution in [2.24, 2.45) is 5.92 Å². The van der Waals surface area contributed by atoms with Gasteiger partial charge in [0.15, 0.2) is 0 Å². The monoisotopic (exact) mass is 169 g/mol. The average Bonchev–Trinajstić information content (AvgIpc) is 2.31. The van der Waals surface area contributed by atoms with Gasteiger partial charge in [0.1, 0.15) is 0 Å². The average molecular weight is 169 g/mol. The van der Waals surface area contributed by atoms with Crippen LogP contribution in [0.3, 0.4) is 0 Å². The Kier molecular flexibility index (Phi) is 4.67. The minimum Gasteiger partial charge on any atom is -0.304 e. The summed E-state index contributed by atoms with van der Waals surface area (Å²) in [6, 6.07) is 0. The van der Waals surface area contributed by atoms with E-state index >= 15 is 0 Å². The van der Waals surface area contributed by atoms with E-state index in [4.69, 9.17) is 0 Å². The molecule has 0 radical (unpaired) electrons. The summed E-state index contributed by atoms with van der Waals surface area (Å²) in [6.45, 7) is 8.53. The molecule has 0 N–H and O–H groups in total. The van der Waals surface area contributed by atoms with E-state index in [9.17, 15) is 0 Å². The van der Waals surface area contributed by atoms with Crippen molar-refractivity contribution >= 4 is 0 Å². The van der Waals surface area contributed by atoms with Crippen LogP contribution < -0.4 is 0 Å². The molecule has 0 bridgehead atoms. The molecule has 1 heteroatoms. The molecule has 0 aliphatic carbocycles. The van der Waals surface area contributed by atoms with E-state index < -0.39 is 0 Å². The molecule has 1 atom stereocenters. The molecule has 1 fully saturated rings. The largest absolute Gasteiger partial charge is 0.304 e. The van der Waals surface area contributed by atoms with Crippen LogP contribution in [0.25, 0.3) is 0 Å². The second-order valence-electron chi connectivity index (χ2n) is 4.02. The smallest absolute Gasteiger partial charge is 0.00162 e. The van der Waals surface area contributed by atoms with E-state index in [0.717, 1.165) is 5.92 Å². The zero-order valence-corrected chi connectivity index (χ0v) is 8.68. The predicted molar refractivity (Wildman–Crippen MR) is 54.4 cm³/mol. The number of likely N-dealkylation sites (tertiary alicyclic amines) is 1. The summed E-state index contributed by atoms with van der Waals surface area (Å²) < 4.78 is 0. The Hall–Kier alpha value is -0.0400. The maximum absolute atomic E-state index is 2.59. The SMILES string of the molecule is CCCC1CCCN(CC)CC1. The summed E-state index contributed by atoms with van der Waals surface area (Å²) in [4.78, 5) is 2.59. The lowest BCUT2D eigenvalue weighted by atomic mass is 9.96. The van der Waals surface area contributed by atoms with Gasteiger partial charge in [0.2, 0.25) is 0 Å². The van der Waals surface area contributed by atoms with Crippen molar-refractivity contribution in [2.75, 3.05) is 19.6 Å². The van der Waals surface area contributed by atoms with Crippen LogP contribution in [0.1, 0.15) is 46.0 Å². The molecule has 1 aliphatic rings. The topological polar surface area (TPSA) is 3.24 Å². The number of hydrogen-bond acceptors (Lipinski definition) is 1. The minimum absolute atomic E-state index is 1.03. The molecule has 1 saturated heterocycles. The molecule has 0 aromatic carbocycles. The third kappa shape index (κ3) is 3.14. The molecule has 1 unspecified atom stereocenters. The summed E-state index contributed by atoms with van der Waals surface area (Å²) in [7, 11) is 0. The summed E-state index contributed by atoms with van der Waals surface area (Å²) >= 11 is 0. The Balaban J connectivity index is 2.24. The highest BCUT2D eigenvalue weighted by Gasteiger charge is 2.14.